The Balaban J connectivity index is 2.56. The van der Waals surface area contributed by atoms with E-state index >= 15 is 0 Å². The Kier molecular flexibility index (Phi) is 6.30. The Morgan fingerprint density at radius 1 is 1.15 bits per heavy atom. The Bertz CT molecular complexity index is 836. The quantitative estimate of drug-likeness (QED) is 0.789. The molecule has 2 aromatic carbocycles. The van der Waals surface area contributed by atoms with Crippen LogP contribution in [0.25, 0.3) is 5.57 Å². The number of aliphatic carboxylic acids is 1. The zero-order valence-corrected chi connectivity index (χ0v) is 14.3. The van der Waals surface area contributed by atoms with Crippen LogP contribution in [0.5, 0.6) is 11.5 Å². The molecule has 138 valence electrons. The summed E-state index contributed by atoms with van der Waals surface area (Å²) < 4.78 is 38.0. The molecule has 5 nitrogen and oxygen atoms in total. The monoisotopic (exact) mass is 363 g/mol. The number of carboxylic acid groups (broad SMARTS) is 1. The van der Waals surface area contributed by atoms with Gasteiger partial charge in [-0.15, -0.1) is 0 Å². The summed E-state index contributed by atoms with van der Waals surface area (Å²) in [7, 11) is 2.95. The molecule has 0 fully saturated rings. The average Bonchev–Trinajstić information content (AvgIpc) is 2.62. The minimum absolute atomic E-state index is 0.0319. The molecule has 0 saturated carbocycles. The molecule has 1 unspecified atom stereocenters. The summed E-state index contributed by atoms with van der Waals surface area (Å²) in [5.74, 6) is -1.75. The molecule has 7 heteroatoms. The van der Waals surface area contributed by atoms with Crippen molar-refractivity contribution in [2.75, 3.05) is 14.2 Å². The maximum Gasteiger partial charge on any atom is 0.320 e. The molecule has 0 aromatic heterocycles. The van der Waals surface area contributed by atoms with Crippen molar-refractivity contribution < 1.29 is 28.2 Å². The summed E-state index contributed by atoms with van der Waals surface area (Å²) in [5, 5.41) is 8.96. The number of hydrogen-bond acceptors (Lipinski definition) is 4. The fourth-order valence-corrected chi connectivity index (χ4v) is 2.44. The zero-order chi connectivity index (χ0) is 19.3. The molecule has 0 bridgehead atoms. The van der Waals surface area contributed by atoms with Gasteiger partial charge in [-0.3, -0.25) is 4.79 Å². The van der Waals surface area contributed by atoms with Crippen LogP contribution in [-0.4, -0.2) is 31.3 Å². The molecule has 0 aliphatic heterocycles. The fourth-order valence-electron chi connectivity index (χ4n) is 2.44. The van der Waals surface area contributed by atoms with Gasteiger partial charge in [0.1, 0.15) is 17.7 Å². The third kappa shape index (κ3) is 4.37. The molecule has 1 atom stereocenters. The van der Waals surface area contributed by atoms with Crippen molar-refractivity contribution >= 4 is 11.5 Å². The number of methoxy groups -OCH3 is 2. The van der Waals surface area contributed by atoms with Crippen LogP contribution in [0.4, 0.5) is 8.78 Å². The predicted octanol–water partition coefficient (Wildman–Crippen LogP) is 3.22. The first-order chi connectivity index (χ1) is 12.4. The summed E-state index contributed by atoms with van der Waals surface area (Å²) in [4.78, 5) is 11.0. The number of nitrogens with two attached hydrogens (primary N) is 1. The summed E-state index contributed by atoms with van der Waals surface area (Å²) >= 11 is 0. The van der Waals surface area contributed by atoms with Crippen molar-refractivity contribution in [1.29, 1.82) is 0 Å². The molecule has 3 N–H and O–H groups in total. The Morgan fingerprint density at radius 3 is 2.42 bits per heavy atom. The molecular weight excluding hydrogens is 344 g/mol. The van der Waals surface area contributed by atoms with Gasteiger partial charge in [0.25, 0.3) is 0 Å². The smallest absolute Gasteiger partial charge is 0.320 e. The van der Waals surface area contributed by atoms with E-state index in [4.69, 9.17) is 20.3 Å². The van der Waals surface area contributed by atoms with Crippen LogP contribution in [-0.2, 0) is 4.79 Å². The number of ether oxygens (including phenoxy) is 2. The van der Waals surface area contributed by atoms with E-state index in [1.807, 2.05) is 0 Å². The number of rotatable bonds is 7. The Labute approximate surface area is 149 Å². The fraction of sp³-hybridized carbons (Fsp3) is 0.211. The highest BCUT2D eigenvalue weighted by Crippen LogP contribution is 2.34. The number of carboxylic acids is 1. The molecule has 0 aliphatic rings. The van der Waals surface area contributed by atoms with Gasteiger partial charge in [-0.2, -0.15) is 0 Å². The van der Waals surface area contributed by atoms with Crippen molar-refractivity contribution in [3.8, 4) is 11.5 Å². The van der Waals surface area contributed by atoms with Gasteiger partial charge in [-0.25, -0.2) is 8.78 Å². The lowest BCUT2D eigenvalue weighted by atomic mass is 9.95. The van der Waals surface area contributed by atoms with E-state index in [9.17, 15) is 13.6 Å². The molecule has 0 heterocycles. The molecule has 26 heavy (non-hydrogen) atoms. The van der Waals surface area contributed by atoms with Crippen molar-refractivity contribution in [2.24, 2.45) is 5.73 Å². The van der Waals surface area contributed by atoms with Crippen LogP contribution in [0.2, 0.25) is 0 Å². The lowest BCUT2D eigenvalue weighted by molar-refractivity contribution is -0.138. The van der Waals surface area contributed by atoms with Gasteiger partial charge in [0.15, 0.2) is 11.5 Å². The topological polar surface area (TPSA) is 81.8 Å². The predicted molar refractivity (Wildman–Crippen MR) is 93.2 cm³/mol. The molecule has 0 radical (unpaired) electrons. The van der Waals surface area contributed by atoms with Gasteiger partial charge in [0.2, 0.25) is 0 Å². The van der Waals surface area contributed by atoms with E-state index in [1.165, 1.54) is 26.4 Å². The number of benzene rings is 2. The van der Waals surface area contributed by atoms with Gasteiger partial charge >= 0.3 is 5.97 Å². The molecule has 0 saturated heterocycles. The maximum atomic E-state index is 14.3. The number of halogens is 2. The lowest BCUT2D eigenvalue weighted by Gasteiger charge is -2.14. The molecule has 0 spiro atoms. The summed E-state index contributed by atoms with van der Waals surface area (Å²) in [6.45, 7) is 0. The molecule has 2 aromatic rings. The second kappa shape index (κ2) is 8.44. The normalized spacial score (nSPS) is 12.6. The van der Waals surface area contributed by atoms with E-state index in [-0.39, 0.29) is 12.0 Å². The third-order valence-electron chi connectivity index (χ3n) is 3.81. The summed E-state index contributed by atoms with van der Waals surface area (Å²) in [6.07, 6.45) is 1.48. The number of carbonyl (C=O) groups is 1. The van der Waals surface area contributed by atoms with Crippen molar-refractivity contribution in [2.45, 2.75) is 12.5 Å². The molecule has 2 rings (SSSR count). The highest BCUT2D eigenvalue weighted by molar-refractivity contribution is 5.82. The minimum Gasteiger partial charge on any atom is -0.493 e. The van der Waals surface area contributed by atoms with E-state index in [0.717, 1.165) is 12.1 Å². The second-order valence-corrected chi connectivity index (χ2v) is 5.49. The Hall–Kier alpha value is -2.93. The molecule has 0 aliphatic carbocycles. The second-order valence-electron chi connectivity index (χ2n) is 5.49. The minimum atomic E-state index is -1.17. The van der Waals surface area contributed by atoms with Crippen LogP contribution in [0.15, 0.2) is 42.5 Å². The molecule has 0 amide bonds. The van der Waals surface area contributed by atoms with Crippen molar-refractivity contribution in [3.63, 3.8) is 0 Å². The first-order valence-electron chi connectivity index (χ1n) is 7.73. The van der Waals surface area contributed by atoms with Crippen LogP contribution in [0.3, 0.4) is 0 Å². The van der Waals surface area contributed by atoms with Crippen LogP contribution in [0.1, 0.15) is 17.5 Å². The highest BCUT2D eigenvalue weighted by Gasteiger charge is 2.16. The summed E-state index contributed by atoms with van der Waals surface area (Å²) in [6, 6.07) is 6.97. The van der Waals surface area contributed by atoms with E-state index < -0.39 is 23.6 Å². The zero-order valence-electron chi connectivity index (χ0n) is 14.3. The highest BCUT2D eigenvalue weighted by atomic mass is 19.1. The average molecular weight is 363 g/mol. The first-order valence-corrected chi connectivity index (χ1v) is 7.73. The van der Waals surface area contributed by atoms with Gasteiger partial charge in [0.05, 0.1) is 14.2 Å². The van der Waals surface area contributed by atoms with E-state index in [1.54, 1.807) is 18.2 Å². The van der Waals surface area contributed by atoms with Gasteiger partial charge < -0.3 is 20.3 Å². The lowest BCUT2D eigenvalue weighted by Crippen LogP contribution is -2.29. The van der Waals surface area contributed by atoms with Crippen LogP contribution in [0, 0.1) is 11.6 Å². The SMILES string of the molecule is COc1ccc(/C(=C\CC(N)C(=O)O)c2ccc(F)cc2F)cc1OC. The van der Waals surface area contributed by atoms with Crippen LogP contribution < -0.4 is 15.2 Å². The third-order valence-corrected chi connectivity index (χ3v) is 3.81. The van der Waals surface area contributed by atoms with Crippen molar-refractivity contribution in [3.05, 3.63) is 65.2 Å². The Morgan fingerprint density at radius 2 is 1.85 bits per heavy atom. The standard InChI is InChI=1S/C19H19F2NO4/c1-25-17-8-3-11(9-18(17)26-2)13(6-7-16(22)19(23)24)14-5-4-12(20)10-15(14)21/h3-6,8-10,16H,7,22H2,1-2H3,(H,23,24)/b13-6+. The maximum absolute atomic E-state index is 14.3. The largest absolute Gasteiger partial charge is 0.493 e. The van der Waals surface area contributed by atoms with Gasteiger partial charge in [-0.1, -0.05) is 12.1 Å². The number of hydrogen-bond donors (Lipinski definition) is 2. The van der Waals surface area contributed by atoms with E-state index in [2.05, 4.69) is 0 Å². The van der Waals surface area contributed by atoms with Gasteiger partial charge in [-0.05, 0) is 41.8 Å². The van der Waals surface area contributed by atoms with Gasteiger partial charge in [0, 0.05) is 11.6 Å². The van der Waals surface area contributed by atoms with E-state index in [0.29, 0.717) is 22.6 Å². The first kappa shape index (κ1) is 19.4. The van der Waals surface area contributed by atoms with Crippen LogP contribution >= 0.6 is 0 Å². The summed E-state index contributed by atoms with van der Waals surface area (Å²) in [5.41, 5.74) is 6.59. The molecular formula is C19H19F2NO4. The van der Waals surface area contributed by atoms with Crippen molar-refractivity contribution in [1.82, 2.24) is 0 Å².